The lowest BCUT2D eigenvalue weighted by atomic mass is 10.1. The van der Waals surface area contributed by atoms with Gasteiger partial charge in [-0.3, -0.25) is 4.79 Å². The van der Waals surface area contributed by atoms with Crippen molar-refractivity contribution < 1.29 is 22.7 Å². The lowest BCUT2D eigenvalue weighted by molar-refractivity contribution is -0.274. The van der Waals surface area contributed by atoms with Crippen molar-refractivity contribution in [2.75, 3.05) is 12.8 Å². The van der Waals surface area contributed by atoms with Crippen molar-refractivity contribution in [2.45, 2.75) is 30.9 Å². The number of rotatable bonds is 6. The van der Waals surface area contributed by atoms with Crippen LogP contribution in [0.5, 0.6) is 5.75 Å². The third kappa shape index (κ3) is 5.33. The van der Waals surface area contributed by atoms with Crippen LogP contribution in [0.4, 0.5) is 13.2 Å². The van der Waals surface area contributed by atoms with Gasteiger partial charge in [-0.1, -0.05) is 11.8 Å². The minimum atomic E-state index is -4.78. The van der Waals surface area contributed by atoms with Crippen LogP contribution < -0.4 is 4.74 Å². The molecule has 8 nitrogen and oxygen atoms in total. The highest BCUT2D eigenvalue weighted by atomic mass is 32.2. The monoisotopic (exact) mass is 400 g/mol. The summed E-state index contributed by atoms with van der Waals surface area (Å²) < 4.78 is 41.7. The van der Waals surface area contributed by atoms with Gasteiger partial charge in [-0.05, 0) is 48.5 Å². The second-order valence-electron chi connectivity index (χ2n) is 5.83. The van der Waals surface area contributed by atoms with Crippen molar-refractivity contribution in [2.24, 2.45) is 0 Å². The number of thioether (sulfide) groups is 1. The summed E-state index contributed by atoms with van der Waals surface area (Å²) in [6.07, 6.45) is -4.78. The van der Waals surface area contributed by atoms with E-state index in [0.29, 0.717) is 5.69 Å². The first-order valence-electron chi connectivity index (χ1n) is 7.49. The molecule has 144 valence electrons. The number of tetrazole rings is 1. The molecular formula is C15H15F3N6O2S. The molecule has 27 heavy (non-hydrogen) atoms. The number of nitrogens with zero attached hydrogens (tertiary/aromatic N) is 6. The number of ether oxygens (including phenoxy) is 1. The topological polar surface area (TPSA) is 96.9 Å². The third-order valence-corrected chi connectivity index (χ3v) is 4.47. The molecule has 0 bridgehead atoms. The standard InChI is InChI=1S/C15H15F3N6O2S/c1-14(2,9-19)23(3)12(25)8-27-13-20-21-22-24(13)10-4-6-11(7-5-10)26-15(16,17)18/h4-7H,8H2,1-3H3. The van der Waals surface area contributed by atoms with Crippen LogP contribution in [0.2, 0.25) is 0 Å². The molecule has 0 spiro atoms. The van der Waals surface area contributed by atoms with E-state index in [9.17, 15) is 18.0 Å². The Bertz CT molecular complexity index is 844. The van der Waals surface area contributed by atoms with Crippen LogP contribution in [0.25, 0.3) is 5.69 Å². The Kier molecular flexibility index (Phi) is 5.94. The number of carbonyl (C=O) groups excluding carboxylic acids is 1. The van der Waals surface area contributed by atoms with E-state index < -0.39 is 11.9 Å². The van der Waals surface area contributed by atoms with Crippen molar-refractivity contribution in [3.8, 4) is 17.5 Å². The molecule has 0 fully saturated rings. The van der Waals surface area contributed by atoms with Gasteiger partial charge in [-0.15, -0.1) is 18.3 Å². The summed E-state index contributed by atoms with van der Waals surface area (Å²) in [5.41, 5.74) is -0.562. The van der Waals surface area contributed by atoms with Gasteiger partial charge in [0.2, 0.25) is 11.1 Å². The van der Waals surface area contributed by atoms with Crippen molar-refractivity contribution in [3.63, 3.8) is 0 Å². The quantitative estimate of drug-likeness (QED) is 0.687. The molecule has 0 atom stereocenters. The van der Waals surface area contributed by atoms with Gasteiger partial charge in [0.25, 0.3) is 0 Å². The second-order valence-corrected chi connectivity index (χ2v) is 6.77. The van der Waals surface area contributed by atoms with Gasteiger partial charge in [-0.2, -0.15) is 9.94 Å². The van der Waals surface area contributed by atoms with Gasteiger partial charge in [-0.25, -0.2) is 0 Å². The first kappa shape index (κ1) is 20.5. The average Bonchev–Trinajstić information content (AvgIpc) is 3.06. The van der Waals surface area contributed by atoms with Crippen LogP contribution >= 0.6 is 11.8 Å². The van der Waals surface area contributed by atoms with E-state index in [0.717, 1.165) is 23.9 Å². The van der Waals surface area contributed by atoms with Gasteiger partial charge >= 0.3 is 6.36 Å². The maximum absolute atomic E-state index is 12.2. The molecule has 1 amide bonds. The summed E-state index contributed by atoms with van der Waals surface area (Å²) in [4.78, 5) is 13.5. The summed E-state index contributed by atoms with van der Waals surface area (Å²) >= 11 is 1.04. The third-order valence-electron chi connectivity index (χ3n) is 3.57. The van der Waals surface area contributed by atoms with E-state index in [1.54, 1.807) is 13.8 Å². The molecule has 0 radical (unpaired) electrons. The van der Waals surface area contributed by atoms with Crippen molar-refractivity contribution in [1.82, 2.24) is 25.1 Å². The van der Waals surface area contributed by atoms with E-state index in [2.05, 4.69) is 20.3 Å². The van der Waals surface area contributed by atoms with E-state index in [1.807, 2.05) is 6.07 Å². The number of hydrogen-bond donors (Lipinski definition) is 0. The minimum absolute atomic E-state index is 0.0166. The number of halogens is 3. The summed E-state index contributed by atoms with van der Waals surface area (Å²) in [5, 5.41) is 20.5. The zero-order valence-electron chi connectivity index (χ0n) is 14.6. The van der Waals surface area contributed by atoms with Crippen LogP contribution in [0.3, 0.4) is 0 Å². The van der Waals surface area contributed by atoms with Crippen molar-refractivity contribution in [1.29, 1.82) is 5.26 Å². The van der Waals surface area contributed by atoms with Gasteiger partial charge in [0.05, 0.1) is 17.5 Å². The number of nitriles is 1. The highest BCUT2D eigenvalue weighted by Gasteiger charge is 2.31. The molecule has 1 aromatic carbocycles. The number of alkyl halides is 3. The zero-order chi connectivity index (χ0) is 20.2. The van der Waals surface area contributed by atoms with Crippen LogP contribution in [0.15, 0.2) is 29.4 Å². The molecule has 0 aliphatic heterocycles. The molecule has 0 unspecified atom stereocenters. The lowest BCUT2D eigenvalue weighted by Gasteiger charge is -2.28. The highest BCUT2D eigenvalue weighted by molar-refractivity contribution is 7.99. The summed E-state index contributed by atoms with van der Waals surface area (Å²) in [6, 6.07) is 7.01. The number of carbonyl (C=O) groups is 1. The minimum Gasteiger partial charge on any atom is -0.406 e. The maximum atomic E-state index is 12.2. The summed E-state index contributed by atoms with van der Waals surface area (Å²) in [6.45, 7) is 3.23. The molecule has 2 aromatic rings. The van der Waals surface area contributed by atoms with E-state index in [1.165, 1.54) is 28.8 Å². The second kappa shape index (κ2) is 7.83. The van der Waals surface area contributed by atoms with Gasteiger partial charge in [0.15, 0.2) is 0 Å². The molecule has 12 heteroatoms. The fourth-order valence-electron chi connectivity index (χ4n) is 1.83. The average molecular weight is 400 g/mol. The molecule has 0 aliphatic rings. The largest absolute Gasteiger partial charge is 0.573 e. The van der Waals surface area contributed by atoms with Crippen molar-refractivity contribution >= 4 is 17.7 Å². The Labute approximate surface area is 156 Å². The first-order valence-corrected chi connectivity index (χ1v) is 8.47. The summed E-state index contributed by atoms with van der Waals surface area (Å²) in [7, 11) is 1.52. The SMILES string of the molecule is CN(C(=O)CSc1nnnn1-c1ccc(OC(F)(F)F)cc1)C(C)(C)C#N. The highest BCUT2D eigenvalue weighted by Crippen LogP contribution is 2.25. The number of hydrogen-bond acceptors (Lipinski definition) is 7. The Morgan fingerprint density at radius 1 is 1.33 bits per heavy atom. The predicted molar refractivity (Wildman–Crippen MR) is 89.0 cm³/mol. The van der Waals surface area contributed by atoms with Crippen LogP contribution in [0.1, 0.15) is 13.8 Å². The Morgan fingerprint density at radius 2 is 1.96 bits per heavy atom. The molecule has 0 saturated carbocycles. The normalized spacial score (nSPS) is 11.7. The molecule has 0 aliphatic carbocycles. The lowest BCUT2D eigenvalue weighted by Crippen LogP contribution is -2.44. The van der Waals surface area contributed by atoms with Gasteiger partial charge in [0.1, 0.15) is 11.3 Å². The van der Waals surface area contributed by atoms with Gasteiger partial charge in [0, 0.05) is 7.05 Å². The molecule has 2 rings (SSSR count). The maximum Gasteiger partial charge on any atom is 0.573 e. The first-order chi connectivity index (χ1) is 12.5. The molecule has 1 aromatic heterocycles. The molecular weight excluding hydrogens is 385 g/mol. The predicted octanol–water partition coefficient (Wildman–Crippen LogP) is 2.41. The molecule has 0 saturated heterocycles. The number of benzene rings is 1. The van der Waals surface area contributed by atoms with E-state index >= 15 is 0 Å². The van der Waals surface area contributed by atoms with Crippen LogP contribution in [0, 0.1) is 11.3 Å². The number of aromatic nitrogens is 4. The van der Waals surface area contributed by atoms with Crippen LogP contribution in [-0.2, 0) is 4.79 Å². The Morgan fingerprint density at radius 3 is 2.52 bits per heavy atom. The van der Waals surface area contributed by atoms with E-state index in [4.69, 9.17) is 5.26 Å². The van der Waals surface area contributed by atoms with Gasteiger partial charge < -0.3 is 9.64 Å². The van der Waals surface area contributed by atoms with Crippen molar-refractivity contribution in [3.05, 3.63) is 24.3 Å². The Balaban J connectivity index is 2.08. The fraction of sp³-hybridized carbons (Fsp3) is 0.400. The smallest absolute Gasteiger partial charge is 0.406 e. The molecule has 0 N–H and O–H groups in total. The zero-order valence-corrected chi connectivity index (χ0v) is 15.4. The fourth-order valence-corrected chi connectivity index (χ4v) is 2.63. The van der Waals surface area contributed by atoms with E-state index in [-0.39, 0.29) is 22.6 Å². The van der Waals surface area contributed by atoms with Crippen LogP contribution in [-0.4, -0.2) is 55.7 Å². The number of amides is 1. The molecule has 1 heterocycles. The summed E-state index contributed by atoms with van der Waals surface area (Å²) in [5.74, 6) is -0.684. The Hall–Kier alpha value is -2.81.